The van der Waals surface area contributed by atoms with Gasteiger partial charge in [-0.3, -0.25) is 19.3 Å². The van der Waals surface area contributed by atoms with E-state index in [4.69, 9.17) is 6.11 Å². The van der Waals surface area contributed by atoms with Gasteiger partial charge in [-0.05, 0) is 60.5 Å². The number of imide groups is 1. The van der Waals surface area contributed by atoms with Crippen LogP contribution in [0.15, 0.2) is 72.8 Å². The van der Waals surface area contributed by atoms with Crippen LogP contribution in [0.25, 0.3) is 0 Å². The minimum Gasteiger partial charge on any atom is -0.469 e. The average Bonchev–Trinajstić information content (AvgIpc) is 3.09. The Morgan fingerprint density at radius 3 is 2.21 bits per heavy atom. The Kier molecular flexibility index (Phi) is 6.29. The zero-order chi connectivity index (χ0) is 24.2. The van der Waals surface area contributed by atoms with Crippen molar-refractivity contribution in [1.82, 2.24) is 4.90 Å². The third-order valence-corrected chi connectivity index (χ3v) is 6.08. The van der Waals surface area contributed by atoms with Crippen LogP contribution in [0.2, 0.25) is 0 Å². The molecule has 5 nitrogen and oxygen atoms in total. The topological polar surface area (TPSA) is 63.7 Å². The molecule has 5 heteroatoms. The predicted molar refractivity (Wildman–Crippen MR) is 126 cm³/mol. The maximum absolute atomic E-state index is 12.9. The summed E-state index contributed by atoms with van der Waals surface area (Å²) in [6, 6.07) is 22.1. The number of nitrogens with zero attached hydrogens (tertiary/aromatic N) is 1. The molecule has 2 amide bonds. The van der Waals surface area contributed by atoms with Gasteiger partial charge < -0.3 is 4.74 Å². The normalized spacial score (nSPS) is 15.1. The quantitative estimate of drug-likeness (QED) is 0.373. The average molecular weight is 443 g/mol. The second kappa shape index (κ2) is 9.82. The van der Waals surface area contributed by atoms with Gasteiger partial charge in [0.05, 0.1) is 30.7 Å². The van der Waals surface area contributed by atoms with Crippen LogP contribution in [0, 0.1) is 12.8 Å². The molecule has 0 spiro atoms. The van der Waals surface area contributed by atoms with Crippen LogP contribution in [-0.2, 0) is 28.9 Å². The second-order valence-electron chi connectivity index (χ2n) is 8.21. The molecular weight excluding hydrogens is 414 g/mol. The molecule has 0 radical (unpaired) electrons. The molecule has 4 rings (SSSR count). The van der Waals surface area contributed by atoms with E-state index in [-0.39, 0.29) is 18.4 Å². The fourth-order valence-corrected chi connectivity index (χ4v) is 4.26. The van der Waals surface area contributed by atoms with Gasteiger partial charge in [-0.15, -0.1) is 0 Å². The second-order valence-corrected chi connectivity index (χ2v) is 8.21. The van der Waals surface area contributed by atoms with Gasteiger partial charge in [0.15, 0.2) is 0 Å². The number of fused-ring (bicyclic) bond motifs is 1. The molecule has 1 aliphatic heterocycles. The van der Waals surface area contributed by atoms with Gasteiger partial charge >= 0.3 is 5.97 Å². The highest BCUT2D eigenvalue weighted by Crippen LogP contribution is 2.28. The summed E-state index contributed by atoms with van der Waals surface area (Å²) in [5.41, 5.74) is 4.03. The Morgan fingerprint density at radius 1 is 0.939 bits per heavy atom. The van der Waals surface area contributed by atoms with Crippen LogP contribution in [0.1, 0.15) is 50.8 Å². The van der Waals surface area contributed by atoms with Crippen molar-refractivity contribution >= 4 is 17.8 Å². The standard InChI is InChI=1S/C28H27NO4/c1-19-9-8-12-22(18-29-26(30)23-13-6-7-14-24(23)27(29)31)25(19)17-21(28(32)33-2)16-15-20-10-4-3-5-11-20/h3-14,21H,15-18H2,1-2H3/t21-/m1/s1/i17D/t17-,21-. The number of carbonyl (C=O) groups excluding carboxylic acids is 3. The number of amides is 2. The van der Waals surface area contributed by atoms with E-state index in [2.05, 4.69) is 0 Å². The molecule has 0 unspecified atom stereocenters. The van der Waals surface area contributed by atoms with Gasteiger partial charge in [0.2, 0.25) is 0 Å². The SMILES string of the molecule is [2H][C@@H](c1c(C)cccc1CN1C(=O)c2ccccc2C1=O)[C@@H](CCc1ccccc1)C(=O)OC. The van der Waals surface area contributed by atoms with Gasteiger partial charge in [0, 0.05) is 1.37 Å². The van der Waals surface area contributed by atoms with Crippen LogP contribution in [0.5, 0.6) is 0 Å². The number of aryl methyl sites for hydroxylation is 2. The fraction of sp³-hybridized carbons (Fsp3) is 0.250. The summed E-state index contributed by atoms with van der Waals surface area (Å²) in [6.07, 6.45) is 0.184. The number of benzene rings is 3. The maximum Gasteiger partial charge on any atom is 0.309 e. The molecule has 0 aliphatic carbocycles. The molecule has 3 aromatic rings. The summed E-state index contributed by atoms with van der Waals surface area (Å²) in [5, 5.41) is 0. The van der Waals surface area contributed by atoms with Crippen LogP contribution >= 0.6 is 0 Å². The lowest BCUT2D eigenvalue weighted by molar-refractivity contribution is -0.145. The van der Waals surface area contributed by atoms with Crippen molar-refractivity contribution in [2.45, 2.75) is 32.7 Å². The van der Waals surface area contributed by atoms with Crippen LogP contribution in [0.4, 0.5) is 0 Å². The summed E-state index contributed by atoms with van der Waals surface area (Å²) in [7, 11) is 1.34. The molecule has 33 heavy (non-hydrogen) atoms. The molecule has 0 aromatic heterocycles. The Bertz CT molecular complexity index is 1190. The smallest absolute Gasteiger partial charge is 0.309 e. The number of hydrogen-bond donors (Lipinski definition) is 0. The third kappa shape index (κ3) is 4.72. The first-order valence-corrected chi connectivity index (χ1v) is 11.0. The lowest BCUT2D eigenvalue weighted by atomic mass is 9.88. The van der Waals surface area contributed by atoms with E-state index < -0.39 is 18.3 Å². The molecule has 3 aromatic carbocycles. The summed E-state index contributed by atoms with van der Waals surface area (Å²) >= 11 is 0. The van der Waals surface area contributed by atoms with Gasteiger partial charge in [0.1, 0.15) is 0 Å². The van der Waals surface area contributed by atoms with Crippen molar-refractivity contribution in [3.8, 4) is 0 Å². The Balaban J connectivity index is 1.63. The number of methoxy groups -OCH3 is 1. The minimum absolute atomic E-state index is 0.0469. The van der Waals surface area contributed by atoms with Gasteiger partial charge in [0.25, 0.3) is 11.8 Å². The molecule has 0 bridgehead atoms. The number of carbonyl (C=O) groups is 3. The van der Waals surface area contributed by atoms with Gasteiger partial charge in [-0.1, -0.05) is 60.7 Å². The molecule has 0 fully saturated rings. The lowest BCUT2D eigenvalue weighted by Crippen LogP contribution is -2.30. The first kappa shape index (κ1) is 21.1. The molecular formula is C28H27NO4. The van der Waals surface area contributed by atoms with Crippen molar-refractivity contribution in [2.75, 3.05) is 7.11 Å². The van der Waals surface area contributed by atoms with Crippen molar-refractivity contribution in [3.63, 3.8) is 0 Å². The Morgan fingerprint density at radius 2 is 1.58 bits per heavy atom. The third-order valence-electron chi connectivity index (χ3n) is 6.08. The highest BCUT2D eigenvalue weighted by atomic mass is 16.5. The van der Waals surface area contributed by atoms with E-state index in [0.29, 0.717) is 35.1 Å². The molecule has 2 atom stereocenters. The van der Waals surface area contributed by atoms with Crippen molar-refractivity contribution < 1.29 is 20.5 Å². The summed E-state index contributed by atoms with van der Waals surface area (Å²) in [4.78, 5) is 39.7. The number of hydrogen-bond acceptors (Lipinski definition) is 4. The molecule has 1 heterocycles. The largest absolute Gasteiger partial charge is 0.469 e. The molecule has 0 N–H and O–H groups in total. The summed E-state index contributed by atoms with van der Waals surface area (Å²) in [6.45, 7) is 1.93. The van der Waals surface area contributed by atoms with Crippen LogP contribution < -0.4 is 0 Å². The van der Waals surface area contributed by atoms with E-state index in [1.54, 1.807) is 24.3 Å². The number of esters is 1. The molecule has 168 valence electrons. The van der Waals surface area contributed by atoms with E-state index in [9.17, 15) is 14.4 Å². The zero-order valence-corrected chi connectivity index (χ0v) is 18.8. The van der Waals surface area contributed by atoms with Crippen molar-refractivity contribution in [2.24, 2.45) is 5.92 Å². The predicted octanol–water partition coefficient (Wildman–Crippen LogP) is 4.76. The monoisotopic (exact) mass is 442 g/mol. The van der Waals surface area contributed by atoms with Crippen LogP contribution in [0.3, 0.4) is 0 Å². The lowest BCUT2D eigenvalue weighted by Gasteiger charge is -2.21. The maximum atomic E-state index is 12.9. The van der Waals surface area contributed by atoms with E-state index in [0.717, 1.165) is 11.1 Å². The van der Waals surface area contributed by atoms with E-state index in [1.165, 1.54) is 12.0 Å². The summed E-state index contributed by atoms with van der Waals surface area (Å²) in [5.74, 6) is -1.82. The molecule has 1 aliphatic rings. The van der Waals surface area contributed by atoms with Crippen molar-refractivity contribution in [3.05, 3.63) is 106 Å². The highest BCUT2D eigenvalue weighted by Gasteiger charge is 2.35. The Labute approximate surface area is 195 Å². The Hall–Kier alpha value is -3.73. The van der Waals surface area contributed by atoms with Gasteiger partial charge in [-0.2, -0.15) is 0 Å². The number of rotatable bonds is 8. The summed E-state index contributed by atoms with van der Waals surface area (Å²) < 4.78 is 14.1. The van der Waals surface area contributed by atoms with E-state index >= 15 is 0 Å². The minimum atomic E-state index is -0.900. The fourth-order valence-electron chi connectivity index (χ4n) is 4.26. The zero-order valence-electron chi connectivity index (χ0n) is 19.8. The van der Waals surface area contributed by atoms with E-state index in [1.807, 2.05) is 55.5 Å². The first-order chi connectivity index (χ1) is 16.4. The first-order valence-electron chi connectivity index (χ1n) is 11.6. The molecule has 0 saturated heterocycles. The van der Waals surface area contributed by atoms with Crippen LogP contribution in [-0.4, -0.2) is 29.8 Å². The number of ether oxygens (including phenoxy) is 1. The molecule has 0 saturated carbocycles. The van der Waals surface area contributed by atoms with Crippen molar-refractivity contribution in [1.29, 1.82) is 0 Å². The highest BCUT2D eigenvalue weighted by molar-refractivity contribution is 6.21. The van der Waals surface area contributed by atoms with Gasteiger partial charge in [-0.25, -0.2) is 0 Å².